The van der Waals surface area contributed by atoms with E-state index in [0.29, 0.717) is 5.95 Å². The van der Waals surface area contributed by atoms with Crippen LogP contribution in [-0.4, -0.2) is 35.4 Å². The van der Waals surface area contributed by atoms with Gasteiger partial charge >= 0.3 is 0 Å². The second kappa shape index (κ2) is 8.03. The van der Waals surface area contributed by atoms with E-state index in [0.717, 1.165) is 44.0 Å². The Morgan fingerprint density at radius 1 is 1.07 bits per heavy atom. The van der Waals surface area contributed by atoms with Crippen LogP contribution in [0.25, 0.3) is 0 Å². The summed E-state index contributed by atoms with van der Waals surface area (Å²) in [6, 6.07) is 16.7. The molecule has 1 aliphatic heterocycles. The highest BCUT2D eigenvalue weighted by molar-refractivity contribution is 5.43. The number of rotatable bonds is 6. The van der Waals surface area contributed by atoms with E-state index in [1.807, 2.05) is 12.1 Å². The van der Waals surface area contributed by atoms with Crippen molar-refractivity contribution in [2.45, 2.75) is 19.4 Å². The van der Waals surface area contributed by atoms with Crippen molar-refractivity contribution in [2.75, 3.05) is 30.4 Å². The Morgan fingerprint density at radius 3 is 2.70 bits per heavy atom. The van der Waals surface area contributed by atoms with E-state index in [4.69, 9.17) is 4.74 Å². The SMILES string of the molecule is COc1ccc(CCNc2cnnc(N3CCc4ccccc4C3)n2)cc1. The molecule has 0 saturated heterocycles. The van der Waals surface area contributed by atoms with Gasteiger partial charge in [-0.25, -0.2) is 0 Å². The third kappa shape index (κ3) is 4.16. The number of benzene rings is 2. The number of hydrogen-bond donors (Lipinski definition) is 1. The van der Waals surface area contributed by atoms with Gasteiger partial charge in [0.2, 0.25) is 5.95 Å². The Balaban J connectivity index is 1.36. The third-order valence-electron chi connectivity index (χ3n) is 4.84. The zero-order chi connectivity index (χ0) is 18.5. The van der Waals surface area contributed by atoms with Gasteiger partial charge in [-0.15, -0.1) is 5.10 Å². The number of methoxy groups -OCH3 is 1. The third-order valence-corrected chi connectivity index (χ3v) is 4.84. The maximum Gasteiger partial charge on any atom is 0.247 e. The van der Waals surface area contributed by atoms with Crippen molar-refractivity contribution >= 4 is 11.8 Å². The lowest BCUT2D eigenvalue weighted by molar-refractivity contribution is 0.414. The average Bonchev–Trinajstić information content (AvgIpc) is 2.74. The van der Waals surface area contributed by atoms with E-state index in [1.54, 1.807) is 13.3 Å². The quantitative estimate of drug-likeness (QED) is 0.728. The first-order chi connectivity index (χ1) is 13.3. The number of anilines is 2. The highest BCUT2D eigenvalue weighted by Crippen LogP contribution is 2.22. The molecule has 0 fully saturated rings. The van der Waals surface area contributed by atoms with Crippen molar-refractivity contribution in [2.24, 2.45) is 0 Å². The number of nitrogens with zero attached hydrogens (tertiary/aromatic N) is 4. The molecule has 0 radical (unpaired) electrons. The molecule has 0 aliphatic carbocycles. The Kier molecular flexibility index (Phi) is 5.14. The van der Waals surface area contributed by atoms with Crippen molar-refractivity contribution < 1.29 is 4.74 Å². The predicted octanol–water partition coefficient (Wildman–Crippen LogP) is 3.10. The molecule has 0 unspecified atom stereocenters. The topological polar surface area (TPSA) is 63.2 Å². The van der Waals surface area contributed by atoms with Gasteiger partial charge in [0.1, 0.15) is 5.75 Å². The molecule has 4 rings (SSSR count). The zero-order valence-electron chi connectivity index (χ0n) is 15.4. The van der Waals surface area contributed by atoms with Crippen LogP contribution in [0.3, 0.4) is 0 Å². The molecule has 2 heterocycles. The van der Waals surface area contributed by atoms with Crippen molar-refractivity contribution in [3.8, 4) is 5.75 Å². The zero-order valence-corrected chi connectivity index (χ0v) is 15.4. The number of fused-ring (bicyclic) bond motifs is 1. The summed E-state index contributed by atoms with van der Waals surface area (Å²) in [7, 11) is 1.68. The fourth-order valence-electron chi connectivity index (χ4n) is 3.31. The summed E-state index contributed by atoms with van der Waals surface area (Å²) in [5, 5.41) is 11.7. The fraction of sp³-hybridized carbons (Fsp3) is 0.286. The minimum absolute atomic E-state index is 0.680. The van der Waals surface area contributed by atoms with Crippen molar-refractivity contribution in [1.82, 2.24) is 15.2 Å². The number of nitrogens with one attached hydrogen (secondary N) is 1. The highest BCUT2D eigenvalue weighted by Gasteiger charge is 2.18. The standard InChI is InChI=1S/C21H23N5O/c1-27-19-8-6-16(7-9-19)10-12-22-20-14-23-25-21(24-20)26-13-11-17-4-2-3-5-18(17)15-26/h2-9,14H,10-13,15H2,1H3,(H,22,24,25). The van der Waals surface area contributed by atoms with Gasteiger partial charge in [-0.05, 0) is 41.7 Å². The molecule has 1 aliphatic rings. The summed E-state index contributed by atoms with van der Waals surface area (Å²) >= 11 is 0. The van der Waals surface area contributed by atoms with Crippen LogP contribution >= 0.6 is 0 Å². The molecule has 1 aromatic heterocycles. The smallest absolute Gasteiger partial charge is 0.247 e. The lowest BCUT2D eigenvalue weighted by Gasteiger charge is -2.28. The van der Waals surface area contributed by atoms with Gasteiger partial charge in [0.05, 0.1) is 13.3 Å². The van der Waals surface area contributed by atoms with Crippen LogP contribution in [0.2, 0.25) is 0 Å². The first-order valence-corrected chi connectivity index (χ1v) is 9.20. The fourth-order valence-corrected chi connectivity index (χ4v) is 3.31. The molecule has 0 amide bonds. The van der Waals surface area contributed by atoms with Gasteiger partial charge in [-0.1, -0.05) is 36.4 Å². The molecule has 138 valence electrons. The van der Waals surface area contributed by atoms with Crippen LogP contribution < -0.4 is 15.0 Å². The van der Waals surface area contributed by atoms with Gasteiger partial charge in [0, 0.05) is 19.6 Å². The van der Waals surface area contributed by atoms with E-state index in [9.17, 15) is 0 Å². The molecule has 1 N–H and O–H groups in total. The lowest BCUT2D eigenvalue weighted by Crippen LogP contribution is -2.32. The van der Waals surface area contributed by atoms with Crippen LogP contribution in [0.15, 0.2) is 54.7 Å². The molecule has 0 bridgehead atoms. The number of ether oxygens (including phenoxy) is 1. The molecule has 0 atom stereocenters. The normalized spacial score (nSPS) is 13.1. The molecule has 27 heavy (non-hydrogen) atoms. The second-order valence-electron chi connectivity index (χ2n) is 6.61. The minimum atomic E-state index is 0.680. The van der Waals surface area contributed by atoms with Gasteiger partial charge in [-0.2, -0.15) is 10.1 Å². The summed E-state index contributed by atoms with van der Waals surface area (Å²) in [5.74, 6) is 2.31. The number of aromatic nitrogens is 3. The number of hydrogen-bond acceptors (Lipinski definition) is 6. The molecular formula is C21H23N5O. The molecular weight excluding hydrogens is 338 g/mol. The largest absolute Gasteiger partial charge is 0.497 e. The van der Waals surface area contributed by atoms with Gasteiger partial charge in [0.15, 0.2) is 5.82 Å². The van der Waals surface area contributed by atoms with Gasteiger partial charge in [-0.3, -0.25) is 0 Å². The van der Waals surface area contributed by atoms with Crippen LogP contribution in [0, 0.1) is 0 Å². The predicted molar refractivity (Wildman–Crippen MR) is 106 cm³/mol. The summed E-state index contributed by atoms with van der Waals surface area (Å²) in [6.45, 7) is 2.52. The maximum absolute atomic E-state index is 5.19. The summed E-state index contributed by atoms with van der Waals surface area (Å²) in [6.07, 6.45) is 3.59. The molecule has 0 saturated carbocycles. The van der Waals surface area contributed by atoms with Crippen molar-refractivity contribution in [3.63, 3.8) is 0 Å². The van der Waals surface area contributed by atoms with E-state index >= 15 is 0 Å². The second-order valence-corrected chi connectivity index (χ2v) is 6.61. The summed E-state index contributed by atoms with van der Waals surface area (Å²) in [4.78, 5) is 6.83. The van der Waals surface area contributed by atoms with E-state index in [-0.39, 0.29) is 0 Å². The first-order valence-electron chi connectivity index (χ1n) is 9.20. The van der Waals surface area contributed by atoms with Crippen LogP contribution in [0.5, 0.6) is 5.75 Å². The molecule has 6 heteroatoms. The summed E-state index contributed by atoms with van der Waals surface area (Å²) in [5.41, 5.74) is 4.00. The maximum atomic E-state index is 5.19. The van der Waals surface area contributed by atoms with Crippen LogP contribution in [0.4, 0.5) is 11.8 Å². The van der Waals surface area contributed by atoms with E-state index in [2.05, 4.69) is 61.8 Å². The van der Waals surface area contributed by atoms with Gasteiger partial charge < -0.3 is 15.0 Å². The minimum Gasteiger partial charge on any atom is -0.497 e. The first kappa shape index (κ1) is 17.3. The molecule has 6 nitrogen and oxygen atoms in total. The van der Waals surface area contributed by atoms with Gasteiger partial charge in [0.25, 0.3) is 0 Å². The Morgan fingerprint density at radius 2 is 1.89 bits per heavy atom. The van der Waals surface area contributed by atoms with E-state index < -0.39 is 0 Å². The molecule has 2 aromatic carbocycles. The highest BCUT2D eigenvalue weighted by atomic mass is 16.5. The molecule has 0 spiro atoms. The van der Waals surface area contributed by atoms with Crippen LogP contribution in [-0.2, 0) is 19.4 Å². The van der Waals surface area contributed by atoms with Crippen molar-refractivity contribution in [3.05, 3.63) is 71.4 Å². The average molecular weight is 361 g/mol. The Labute approximate surface area is 159 Å². The lowest BCUT2D eigenvalue weighted by atomic mass is 10.0. The van der Waals surface area contributed by atoms with E-state index in [1.165, 1.54) is 16.7 Å². The van der Waals surface area contributed by atoms with Crippen LogP contribution in [0.1, 0.15) is 16.7 Å². The monoisotopic (exact) mass is 361 g/mol. The molecule has 3 aromatic rings. The van der Waals surface area contributed by atoms with Crippen molar-refractivity contribution in [1.29, 1.82) is 0 Å². The Hall–Kier alpha value is -3.15. The Bertz CT molecular complexity index is 897. The summed E-state index contributed by atoms with van der Waals surface area (Å²) < 4.78 is 5.19.